The lowest BCUT2D eigenvalue weighted by molar-refractivity contribution is -0.160. The maximum Gasteiger partial charge on any atom is 0.312 e. The number of esters is 1. The minimum absolute atomic E-state index is 0.0143. The fourth-order valence-electron chi connectivity index (χ4n) is 7.36. The molecule has 4 bridgehead atoms. The van der Waals surface area contributed by atoms with Crippen molar-refractivity contribution in [2.45, 2.75) is 85.6 Å². The number of rotatable bonds is 5. The van der Waals surface area contributed by atoms with Gasteiger partial charge in [0.1, 0.15) is 23.3 Å². The van der Waals surface area contributed by atoms with E-state index in [1.807, 2.05) is 0 Å². The van der Waals surface area contributed by atoms with E-state index in [1.165, 1.54) is 40.2 Å². The topological polar surface area (TPSA) is 206 Å². The number of aromatic hydroxyl groups is 2. The summed E-state index contributed by atoms with van der Waals surface area (Å²) in [5.41, 5.74) is 0.582. The number of phenolic OH excluding ortho intramolecular Hbond substituents is 2. The molecular formula is C41H51N3O11S. The van der Waals surface area contributed by atoms with Crippen LogP contribution in [-0.4, -0.2) is 86.9 Å². The summed E-state index contributed by atoms with van der Waals surface area (Å²) in [6.45, 7) is 16.8. The van der Waals surface area contributed by atoms with E-state index < -0.39 is 83.0 Å². The third-order valence-corrected chi connectivity index (χ3v) is 11.8. The average molecular weight is 794 g/mol. The highest BCUT2D eigenvalue weighted by molar-refractivity contribution is 7.23. The van der Waals surface area contributed by atoms with Gasteiger partial charge in [-0.1, -0.05) is 63.3 Å². The van der Waals surface area contributed by atoms with E-state index in [1.54, 1.807) is 58.9 Å². The first-order chi connectivity index (χ1) is 26.4. The normalized spacial score (nSPS) is 30.9. The van der Waals surface area contributed by atoms with Gasteiger partial charge in [0.05, 0.1) is 45.7 Å². The zero-order chi connectivity index (χ0) is 41.4. The molecule has 9 atom stereocenters. The van der Waals surface area contributed by atoms with Crippen LogP contribution in [0.15, 0.2) is 48.8 Å². The molecule has 0 saturated carbocycles. The number of thiazole rings is 1. The van der Waals surface area contributed by atoms with Gasteiger partial charge in [-0.15, -0.1) is 6.58 Å². The third-order valence-electron chi connectivity index (χ3n) is 10.8. The van der Waals surface area contributed by atoms with Crippen LogP contribution in [0.2, 0.25) is 0 Å². The summed E-state index contributed by atoms with van der Waals surface area (Å²) in [5.74, 6) is -6.96. The van der Waals surface area contributed by atoms with Gasteiger partial charge in [0.25, 0.3) is 11.7 Å². The maximum atomic E-state index is 14.5. The number of carbonyl (C=O) groups is 3. The number of fused-ring (bicyclic) bond motifs is 1. The fourth-order valence-corrected chi connectivity index (χ4v) is 8.34. The van der Waals surface area contributed by atoms with Crippen LogP contribution in [0.5, 0.6) is 17.2 Å². The Kier molecular flexibility index (Phi) is 12.5. The molecule has 0 radical (unpaired) electrons. The number of ether oxygens (including phenoxy) is 4. The highest BCUT2D eigenvalue weighted by Crippen LogP contribution is 2.55. The number of benzene rings is 2. The van der Waals surface area contributed by atoms with E-state index in [0.717, 1.165) is 11.3 Å². The third kappa shape index (κ3) is 7.73. The largest absolute Gasteiger partial charge is 0.507 e. The number of hydrogen-bond donors (Lipinski definition) is 6. The molecule has 3 heterocycles. The van der Waals surface area contributed by atoms with Gasteiger partial charge in [-0.3, -0.25) is 14.4 Å². The van der Waals surface area contributed by atoms with Crippen LogP contribution in [0.4, 0.5) is 10.8 Å². The standard InChI is InChI=1S/C41H51N3O11S/c1-11-16-42-40-44-29-26-27-33(48)23(7)36-28(26)38(50)41(9,55-36)53-17-15-25(52-10)20(4)35(54-24(8)45)22(6)32(47)21(5)31(46)18(2)13-12-14-19(3)39(51)43-30(34(27)49)37(29)56-40/h11-15,17-18,20-22,25,31-32,35,46-49H,1,16H2,2-10H3,(H,42,44)(H,43,51)/b13-12+,17-15-,19-14-. The van der Waals surface area contributed by atoms with Crippen molar-refractivity contribution in [2.75, 3.05) is 24.3 Å². The Hall–Kier alpha value is -4.96. The SMILES string of the molecule is C=CCNc1nc2c(s1)c1c(O)c3c(O)c(C)c4c(c32)C(=O)C(C)(O/C=C\C(OC)C(C)C(OC(C)=O)C(C)C(O)C(C)C(O)C(C)/C=C/C=C(/C)C(=O)N1)O4. The van der Waals surface area contributed by atoms with Crippen LogP contribution >= 0.6 is 11.3 Å². The Labute approximate surface area is 329 Å². The second-order valence-electron chi connectivity index (χ2n) is 14.7. The quantitative estimate of drug-likeness (QED) is 0.0961. The highest BCUT2D eigenvalue weighted by atomic mass is 32.1. The Morgan fingerprint density at radius 2 is 1.77 bits per heavy atom. The summed E-state index contributed by atoms with van der Waals surface area (Å²) in [7, 11) is 1.45. The van der Waals surface area contributed by atoms with E-state index in [2.05, 4.69) is 17.2 Å². The number of ketones is 1. The van der Waals surface area contributed by atoms with Crippen molar-refractivity contribution in [2.24, 2.45) is 23.7 Å². The molecule has 0 saturated heterocycles. The van der Waals surface area contributed by atoms with Crippen molar-refractivity contribution in [3.05, 3.63) is 59.9 Å². The molecule has 5 rings (SSSR count). The van der Waals surface area contributed by atoms with Gasteiger partial charge in [-0.25, -0.2) is 4.98 Å². The van der Waals surface area contributed by atoms with E-state index in [4.69, 9.17) is 23.9 Å². The number of carbonyl (C=O) groups excluding carboxylic acids is 3. The summed E-state index contributed by atoms with van der Waals surface area (Å²) < 4.78 is 24.0. The first kappa shape index (κ1) is 42.2. The molecule has 3 aromatic rings. The molecule has 14 nitrogen and oxygen atoms in total. The summed E-state index contributed by atoms with van der Waals surface area (Å²) in [6, 6.07) is 0. The fraction of sp³-hybridized carbons (Fsp3) is 0.463. The first-order valence-electron chi connectivity index (χ1n) is 18.4. The van der Waals surface area contributed by atoms with E-state index in [0.29, 0.717) is 16.4 Å². The molecule has 0 spiro atoms. The van der Waals surface area contributed by atoms with Crippen LogP contribution < -0.4 is 15.4 Å². The zero-order valence-electron chi connectivity index (χ0n) is 33.0. The summed E-state index contributed by atoms with van der Waals surface area (Å²) in [6.07, 6.45) is 5.49. The van der Waals surface area contributed by atoms with E-state index in [9.17, 15) is 34.8 Å². The second kappa shape index (κ2) is 16.6. The predicted octanol–water partition coefficient (Wildman–Crippen LogP) is 6.26. The van der Waals surface area contributed by atoms with Gasteiger partial charge in [0.15, 0.2) is 10.9 Å². The van der Waals surface area contributed by atoms with Gasteiger partial charge in [0.2, 0.25) is 0 Å². The van der Waals surface area contributed by atoms with E-state index in [-0.39, 0.29) is 44.4 Å². The molecular weight excluding hydrogens is 743 g/mol. The van der Waals surface area contributed by atoms with Crippen molar-refractivity contribution in [1.29, 1.82) is 0 Å². The second-order valence-corrected chi connectivity index (χ2v) is 15.7. The molecule has 2 aromatic carbocycles. The maximum absolute atomic E-state index is 14.5. The Morgan fingerprint density at radius 1 is 1.07 bits per heavy atom. The number of phenols is 2. The molecule has 56 heavy (non-hydrogen) atoms. The van der Waals surface area contributed by atoms with Gasteiger partial charge >= 0.3 is 11.8 Å². The van der Waals surface area contributed by atoms with Gasteiger partial charge in [-0.2, -0.15) is 0 Å². The van der Waals surface area contributed by atoms with Crippen molar-refractivity contribution >= 4 is 60.8 Å². The average Bonchev–Trinajstić information content (AvgIpc) is 3.70. The number of nitrogens with one attached hydrogen (secondary N) is 2. The van der Waals surface area contributed by atoms with Crippen molar-refractivity contribution < 1.29 is 53.8 Å². The summed E-state index contributed by atoms with van der Waals surface area (Å²) >= 11 is 1.12. The van der Waals surface area contributed by atoms with Gasteiger partial charge in [-0.05, 0) is 19.9 Å². The monoisotopic (exact) mass is 793 g/mol. The van der Waals surface area contributed by atoms with Crippen LogP contribution in [0, 0.1) is 30.6 Å². The summed E-state index contributed by atoms with van der Waals surface area (Å²) in [5, 5.41) is 52.5. The lowest BCUT2D eigenvalue weighted by Crippen LogP contribution is -2.46. The smallest absolute Gasteiger partial charge is 0.312 e. The number of nitrogens with zero attached hydrogens (tertiary/aromatic N) is 1. The molecule has 2 aliphatic rings. The Morgan fingerprint density at radius 3 is 2.41 bits per heavy atom. The van der Waals surface area contributed by atoms with Gasteiger partial charge < -0.3 is 50.0 Å². The molecule has 0 fully saturated rings. The van der Waals surface area contributed by atoms with Crippen LogP contribution in [-0.2, 0) is 23.8 Å². The number of methoxy groups -OCH3 is 1. The minimum Gasteiger partial charge on any atom is -0.507 e. The number of hydrogen-bond acceptors (Lipinski definition) is 14. The molecule has 9 unspecified atom stereocenters. The van der Waals surface area contributed by atoms with Crippen LogP contribution in [0.1, 0.15) is 64.4 Å². The number of anilines is 2. The molecule has 1 aromatic heterocycles. The lowest BCUT2D eigenvalue weighted by Gasteiger charge is -2.38. The van der Waals surface area contributed by atoms with Gasteiger partial charge in [0, 0.05) is 67.7 Å². The molecule has 302 valence electrons. The van der Waals surface area contributed by atoms with Crippen molar-refractivity contribution in [3.8, 4) is 17.2 Å². The number of aromatic nitrogens is 1. The van der Waals surface area contributed by atoms with E-state index >= 15 is 0 Å². The molecule has 2 aliphatic heterocycles. The number of Topliss-reactive ketones (excluding diaryl/α,β-unsaturated/α-hetero) is 1. The highest BCUT2D eigenvalue weighted by Gasteiger charge is 2.49. The molecule has 15 heteroatoms. The van der Waals surface area contributed by atoms with Crippen LogP contribution in [0.3, 0.4) is 0 Å². The molecule has 0 aliphatic carbocycles. The molecule has 1 amide bonds. The Bertz CT molecular complexity index is 2140. The number of aliphatic hydroxyl groups is 2. The number of allylic oxidation sites excluding steroid dienone is 2. The van der Waals surface area contributed by atoms with Crippen molar-refractivity contribution in [1.82, 2.24) is 4.98 Å². The van der Waals surface area contributed by atoms with Crippen LogP contribution in [0.25, 0.3) is 21.0 Å². The number of aliphatic hydroxyl groups excluding tert-OH is 2. The number of amides is 1. The Balaban J connectivity index is 1.72. The predicted molar refractivity (Wildman–Crippen MR) is 214 cm³/mol. The lowest BCUT2D eigenvalue weighted by atomic mass is 9.78. The first-order valence-corrected chi connectivity index (χ1v) is 19.2. The minimum atomic E-state index is -1.95. The summed E-state index contributed by atoms with van der Waals surface area (Å²) in [4.78, 5) is 45.2. The molecule has 6 N–H and O–H groups in total. The van der Waals surface area contributed by atoms with Crippen molar-refractivity contribution in [3.63, 3.8) is 0 Å². The zero-order valence-corrected chi connectivity index (χ0v) is 33.8.